The Labute approximate surface area is 370 Å². The number of nitrogens with one attached hydrogen (secondary N) is 5. The number of methoxy groups -OCH3 is 2. The minimum atomic E-state index is -0.822. The third-order valence-electron chi connectivity index (χ3n) is 12.7. The van der Waals surface area contributed by atoms with E-state index in [9.17, 15) is 19.2 Å². The second-order valence-electron chi connectivity index (χ2n) is 16.7. The fourth-order valence-electron chi connectivity index (χ4n) is 9.38. The Bertz CT molecular complexity index is 2620. The molecule has 5 N–H and O–H groups in total. The Kier molecular flexibility index (Phi) is 12.4. The van der Waals surface area contributed by atoms with Crippen LogP contribution in [0.4, 0.5) is 9.59 Å². The van der Waals surface area contributed by atoms with Crippen molar-refractivity contribution in [1.82, 2.24) is 45.4 Å². The first-order chi connectivity index (χ1) is 31.3. The SMILES string of the molecule is COC(=O)N[C@@H](Cc1c[nH]c2ccccc12)C(=O)N1CCC[C@H]1c1ncc(-c2ccc(-c3ccc(-c4nc5[nH]c4COCCCC[C@H](NC(=O)OC)C(=O)N4CCC[C@@H]54)cc3)cc2)[nH]1. The number of para-hydroxylation sites is 1. The monoisotopic (exact) mass is 867 g/mol. The van der Waals surface area contributed by atoms with Crippen LogP contribution >= 0.6 is 0 Å². The molecular formula is C48H53N9O7. The van der Waals surface area contributed by atoms with Gasteiger partial charge in [-0.3, -0.25) is 9.59 Å². The molecule has 3 aromatic heterocycles. The van der Waals surface area contributed by atoms with Crippen LogP contribution in [0.5, 0.6) is 0 Å². The maximum absolute atomic E-state index is 14.2. The highest BCUT2D eigenvalue weighted by molar-refractivity contribution is 5.89. The Morgan fingerprint density at radius 3 is 2.31 bits per heavy atom. The van der Waals surface area contributed by atoms with E-state index < -0.39 is 24.3 Å². The molecule has 0 saturated carbocycles. The fraction of sp³-hybridized carbons (Fsp3) is 0.375. The molecule has 4 amide bonds. The van der Waals surface area contributed by atoms with Crippen LogP contribution in [0, 0.1) is 0 Å². The summed E-state index contributed by atoms with van der Waals surface area (Å²) in [4.78, 5) is 76.3. The molecule has 0 aliphatic carbocycles. The molecule has 2 bridgehead atoms. The molecular weight excluding hydrogens is 815 g/mol. The van der Waals surface area contributed by atoms with Crippen molar-refractivity contribution < 1.29 is 33.4 Å². The zero-order valence-corrected chi connectivity index (χ0v) is 36.0. The third-order valence-corrected chi connectivity index (χ3v) is 12.7. The van der Waals surface area contributed by atoms with Gasteiger partial charge >= 0.3 is 12.2 Å². The summed E-state index contributed by atoms with van der Waals surface area (Å²) in [5.41, 5.74) is 8.36. The van der Waals surface area contributed by atoms with E-state index in [1.165, 1.54) is 14.2 Å². The van der Waals surface area contributed by atoms with Crippen LogP contribution in [-0.4, -0.2) is 105 Å². The van der Waals surface area contributed by atoms with E-state index >= 15 is 0 Å². The van der Waals surface area contributed by atoms with Gasteiger partial charge in [-0.25, -0.2) is 19.6 Å². The molecule has 9 rings (SSSR count). The Morgan fingerprint density at radius 2 is 1.53 bits per heavy atom. The van der Waals surface area contributed by atoms with Gasteiger partial charge in [-0.1, -0.05) is 66.7 Å². The van der Waals surface area contributed by atoms with Gasteiger partial charge < -0.3 is 49.6 Å². The molecule has 3 aromatic carbocycles. The number of carbonyl (C=O) groups excluding carboxylic acids is 4. The lowest BCUT2D eigenvalue weighted by atomic mass is 10.0. The fourth-order valence-corrected chi connectivity index (χ4v) is 9.38. The van der Waals surface area contributed by atoms with Gasteiger partial charge in [0, 0.05) is 48.8 Å². The molecule has 3 aliphatic heterocycles. The highest BCUT2D eigenvalue weighted by Crippen LogP contribution is 2.36. The number of nitrogens with zero attached hydrogens (tertiary/aromatic N) is 4. The summed E-state index contributed by atoms with van der Waals surface area (Å²) in [6.07, 6.45) is 7.85. The molecule has 0 radical (unpaired) electrons. The molecule has 6 aromatic rings. The summed E-state index contributed by atoms with van der Waals surface area (Å²) in [6, 6.07) is 22.4. The van der Waals surface area contributed by atoms with Crippen molar-refractivity contribution in [2.24, 2.45) is 0 Å². The standard InChI is InChI=1S/C48H53N9O7/c1-62-47(60)53-36-11-5-6-24-64-28-39-42(55-44(52-39)41-13-8-23-57(41)45(36)58)32-20-16-30(17-21-32)29-14-18-31(19-15-29)38-27-50-43(51-38)40-12-7-22-56(40)46(59)37(54-48(61)63-2)25-33-26-49-35-10-4-3-9-34(33)35/h3-4,9-10,14-21,26-27,36-37,40-41,49H,5-8,11-13,22-25,28H2,1-2H3,(H,50,51)(H,52,55)(H,53,60)(H,54,61)/t36-,37-,40-,41-/m0/s1. The van der Waals surface area contributed by atoms with Crippen LogP contribution in [0.25, 0.3) is 44.5 Å². The number of ether oxygens (including phenoxy) is 3. The molecule has 16 heteroatoms. The van der Waals surface area contributed by atoms with Crippen molar-refractivity contribution in [2.45, 2.75) is 82.1 Å². The number of fused-ring (bicyclic) bond motifs is 5. The Morgan fingerprint density at radius 1 is 0.812 bits per heavy atom. The van der Waals surface area contributed by atoms with E-state index in [0.717, 1.165) is 94.3 Å². The first kappa shape index (κ1) is 42.4. The van der Waals surface area contributed by atoms with Crippen LogP contribution < -0.4 is 10.6 Å². The summed E-state index contributed by atoms with van der Waals surface area (Å²) in [5.74, 6) is 1.11. The van der Waals surface area contributed by atoms with Gasteiger partial charge in [0.25, 0.3) is 0 Å². The van der Waals surface area contributed by atoms with Gasteiger partial charge in [0.05, 0.1) is 56.2 Å². The van der Waals surface area contributed by atoms with Gasteiger partial charge in [-0.15, -0.1) is 0 Å². The number of aromatic nitrogens is 5. The third kappa shape index (κ3) is 8.82. The predicted octanol–water partition coefficient (Wildman–Crippen LogP) is 7.33. The van der Waals surface area contributed by atoms with Crippen molar-refractivity contribution in [2.75, 3.05) is 33.9 Å². The average Bonchev–Trinajstić information content (AvgIpc) is 4.19. The zero-order chi connectivity index (χ0) is 44.2. The molecule has 4 atom stereocenters. The van der Waals surface area contributed by atoms with Gasteiger partial charge in [-0.2, -0.15) is 0 Å². The molecule has 2 fully saturated rings. The minimum Gasteiger partial charge on any atom is -0.453 e. The normalized spacial score (nSPS) is 19.6. The molecule has 16 nitrogen and oxygen atoms in total. The topological polar surface area (TPSA) is 200 Å². The van der Waals surface area contributed by atoms with E-state index in [-0.39, 0.29) is 23.9 Å². The second kappa shape index (κ2) is 18.8. The highest BCUT2D eigenvalue weighted by atomic mass is 16.5. The number of likely N-dealkylation sites (tertiary alicyclic amines) is 1. The van der Waals surface area contributed by atoms with Crippen LogP contribution in [0.15, 0.2) is 85.2 Å². The summed E-state index contributed by atoms with van der Waals surface area (Å²) in [7, 11) is 2.59. The van der Waals surface area contributed by atoms with Crippen molar-refractivity contribution in [3.05, 3.63) is 108 Å². The maximum Gasteiger partial charge on any atom is 0.407 e. The van der Waals surface area contributed by atoms with Crippen molar-refractivity contribution in [3.63, 3.8) is 0 Å². The summed E-state index contributed by atoms with van der Waals surface area (Å²) < 4.78 is 15.8. The molecule has 0 unspecified atom stereocenters. The van der Waals surface area contributed by atoms with E-state index in [0.29, 0.717) is 50.8 Å². The summed E-state index contributed by atoms with van der Waals surface area (Å²) in [6.45, 7) is 2.01. The first-order valence-electron chi connectivity index (χ1n) is 22.1. The number of hydrogen-bond donors (Lipinski definition) is 5. The molecule has 6 heterocycles. The Balaban J connectivity index is 0.890. The number of hydrogen-bond acceptors (Lipinski definition) is 9. The van der Waals surface area contributed by atoms with E-state index in [2.05, 4.69) is 74.1 Å². The first-order valence-corrected chi connectivity index (χ1v) is 22.1. The summed E-state index contributed by atoms with van der Waals surface area (Å²) >= 11 is 0. The lowest BCUT2D eigenvalue weighted by Gasteiger charge is -2.28. The van der Waals surface area contributed by atoms with Crippen LogP contribution in [0.1, 0.15) is 79.9 Å². The van der Waals surface area contributed by atoms with Gasteiger partial charge in [-0.05, 0) is 73.3 Å². The summed E-state index contributed by atoms with van der Waals surface area (Å²) in [5, 5.41) is 6.54. The average molecular weight is 868 g/mol. The van der Waals surface area contributed by atoms with Crippen molar-refractivity contribution >= 4 is 34.9 Å². The highest BCUT2D eigenvalue weighted by Gasteiger charge is 2.38. The predicted molar refractivity (Wildman–Crippen MR) is 239 cm³/mol. The number of imidazole rings is 2. The van der Waals surface area contributed by atoms with Crippen LogP contribution in [0.3, 0.4) is 0 Å². The van der Waals surface area contributed by atoms with Crippen molar-refractivity contribution in [1.29, 1.82) is 0 Å². The molecule has 64 heavy (non-hydrogen) atoms. The van der Waals surface area contributed by atoms with Crippen LogP contribution in [-0.2, 0) is 36.8 Å². The zero-order valence-electron chi connectivity index (χ0n) is 36.0. The smallest absolute Gasteiger partial charge is 0.407 e. The van der Waals surface area contributed by atoms with Gasteiger partial charge in [0.2, 0.25) is 11.8 Å². The molecule has 332 valence electrons. The molecule has 2 saturated heterocycles. The van der Waals surface area contributed by atoms with E-state index in [1.807, 2.05) is 40.3 Å². The number of carbonyl (C=O) groups is 4. The van der Waals surface area contributed by atoms with Gasteiger partial charge in [0.15, 0.2) is 0 Å². The Hall–Kier alpha value is -6.94. The lowest BCUT2D eigenvalue weighted by Crippen LogP contribution is -2.49. The number of rotatable bonds is 9. The minimum absolute atomic E-state index is 0.124. The maximum atomic E-state index is 14.2. The van der Waals surface area contributed by atoms with E-state index in [1.54, 1.807) is 6.20 Å². The van der Waals surface area contributed by atoms with Crippen molar-refractivity contribution in [3.8, 4) is 33.6 Å². The van der Waals surface area contributed by atoms with E-state index in [4.69, 9.17) is 24.2 Å². The number of alkyl carbamates (subject to hydrolysis) is 2. The van der Waals surface area contributed by atoms with Crippen LogP contribution in [0.2, 0.25) is 0 Å². The lowest BCUT2D eigenvalue weighted by molar-refractivity contribution is -0.135. The molecule has 0 spiro atoms. The number of benzene rings is 3. The molecule has 3 aliphatic rings. The number of amides is 4. The quantitative estimate of drug-likeness (QED) is 0.0987. The number of aromatic amines is 3. The van der Waals surface area contributed by atoms with Gasteiger partial charge in [0.1, 0.15) is 23.7 Å². The largest absolute Gasteiger partial charge is 0.453 e. The number of H-pyrrole nitrogens is 3. The second-order valence-corrected chi connectivity index (χ2v) is 16.7.